The molecule has 0 radical (unpaired) electrons. The normalized spacial score (nSPS) is 12.0. The average molecular weight is 266 g/mol. The maximum Gasteiger partial charge on any atom is 0.225 e. The van der Waals surface area contributed by atoms with E-state index in [0.717, 1.165) is 11.3 Å². The first-order valence-electron chi connectivity index (χ1n) is 6.20. The fourth-order valence-corrected chi connectivity index (χ4v) is 1.71. The third-order valence-electron chi connectivity index (χ3n) is 3.00. The summed E-state index contributed by atoms with van der Waals surface area (Å²) in [4.78, 5) is 13.6. The van der Waals surface area contributed by atoms with Crippen molar-refractivity contribution >= 4 is 5.91 Å². The standard InChI is InChI=1S/C14H22N2O3/c1-16(14(17)8-13(9-15)19-3)10-11-4-6-12(18-2)7-5-11/h4-7,13H,8-10,15H2,1-3H3. The summed E-state index contributed by atoms with van der Waals surface area (Å²) in [5.74, 6) is 0.827. The van der Waals surface area contributed by atoms with Gasteiger partial charge in [-0.15, -0.1) is 0 Å². The van der Waals surface area contributed by atoms with Crippen molar-refractivity contribution in [1.82, 2.24) is 4.90 Å². The van der Waals surface area contributed by atoms with Crippen molar-refractivity contribution < 1.29 is 14.3 Å². The topological polar surface area (TPSA) is 64.8 Å². The van der Waals surface area contributed by atoms with Crippen molar-refractivity contribution in [3.05, 3.63) is 29.8 Å². The summed E-state index contributed by atoms with van der Waals surface area (Å²) in [5, 5.41) is 0. The number of benzene rings is 1. The predicted octanol–water partition coefficient (Wildman–Crippen LogP) is 1.02. The van der Waals surface area contributed by atoms with E-state index in [1.165, 1.54) is 0 Å². The molecule has 0 spiro atoms. The maximum absolute atomic E-state index is 12.0. The Morgan fingerprint density at radius 1 is 1.32 bits per heavy atom. The fraction of sp³-hybridized carbons (Fsp3) is 0.500. The van der Waals surface area contributed by atoms with Crippen LogP contribution in [0.1, 0.15) is 12.0 Å². The molecule has 0 aliphatic carbocycles. The Morgan fingerprint density at radius 2 is 1.95 bits per heavy atom. The monoisotopic (exact) mass is 266 g/mol. The number of carbonyl (C=O) groups excluding carboxylic acids is 1. The van der Waals surface area contributed by atoms with Gasteiger partial charge in [-0.25, -0.2) is 0 Å². The first kappa shape index (κ1) is 15.5. The third-order valence-corrected chi connectivity index (χ3v) is 3.00. The van der Waals surface area contributed by atoms with E-state index in [0.29, 0.717) is 19.5 Å². The molecule has 1 aromatic rings. The van der Waals surface area contributed by atoms with Crippen LogP contribution in [0, 0.1) is 0 Å². The Bertz CT molecular complexity index is 388. The second-order valence-electron chi connectivity index (χ2n) is 4.40. The largest absolute Gasteiger partial charge is 0.497 e. The second-order valence-corrected chi connectivity index (χ2v) is 4.40. The zero-order valence-electron chi connectivity index (χ0n) is 11.8. The number of amides is 1. The lowest BCUT2D eigenvalue weighted by atomic mass is 10.2. The molecule has 0 aliphatic heterocycles. The molecule has 2 N–H and O–H groups in total. The SMILES string of the molecule is COc1ccc(CN(C)C(=O)CC(CN)OC)cc1. The second kappa shape index (κ2) is 7.76. The number of ether oxygens (including phenoxy) is 2. The molecule has 1 aromatic carbocycles. The molecule has 1 rings (SSSR count). The Balaban J connectivity index is 2.53. The minimum atomic E-state index is -0.217. The summed E-state index contributed by atoms with van der Waals surface area (Å²) in [6.45, 7) is 0.905. The molecule has 0 saturated heterocycles. The van der Waals surface area contributed by atoms with Crippen LogP contribution in [0.2, 0.25) is 0 Å². The van der Waals surface area contributed by atoms with Gasteiger partial charge in [0.05, 0.1) is 19.6 Å². The Morgan fingerprint density at radius 3 is 2.42 bits per heavy atom. The zero-order chi connectivity index (χ0) is 14.3. The zero-order valence-corrected chi connectivity index (χ0v) is 11.8. The first-order valence-corrected chi connectivity index (χ1v) is 6.20. The van der Waals surface area contributed by atoms with E-state index in [4.69, 9.17) is 15.2 Å². The first-order chi connectivity index (χ1) is 9.10. The lowest BCUT2D eigenvalue weighted by Crippen LogP contribution is -2.33. The molecule has 1 atom stereocenters. The van der Waals surface area contributed by atoms with Gasteiger partial charge in [-0.3, -0.25) is 4.79 Å². The van der Waals surface area contributed by atoms with Gasteiger partial charge in [0, 0.05) is 27.2 Å². The van der Waals surface area contributed by atoms with Gasteiger partial charge in [0.1, 0.15) is 5.75 Å². The van der Waals surface area contributed by atoms with E-state index in [9.17, 15) is 4.79 Å². The highest BCUT2D eigenvalue weighted by Gasteiger charge is 2.15. The number of hydrogen-bond donors (Lipinski definition) is 1. The fourth-order valence-electron chi connectivity index (χ4n) is 1.71. The van der Waals surface area contributed by atoms with Crippen LogP contribution >= 0.6 is 0 Å². The lowest BCUT2D eigenvalue weighted by molar-refractivity contribution is -0.132. The number of carbonyl (C=O) groups is 1. The lowest BCUT2D eigenvalue weighted by Gasteiger charge is -2.20. The van der Waals surface area contributed by atoms with Crippen LogP contribution in [0.4, 0.5) is 0 Å². The summed E-state index contributed by atoms with van der Waals surface area (Å²) in [7, 11) is 4.96. The molecule has 0 bridgehead atoms. The molecule has 106 valence electrons. The van der Waals surface area contributed by atoms with E-state index in [-0.39, 0.29) is 12.0 Å². The Kier molecular flexibility index (Phi) is 6.32. The number of rotatable bonds is 7. The molecule has 1 amide bonds. The van der Waals surface area contributed by atoms with Gasteiger partial charge >= 0.3 is 0 Å². The summed E-state index contributed by atoms with van der Waals surface area (Å²) >= 11 is 0. The van der Waals surface area contributed by atoms with Crippen molar-refractivity contribution in [2.24, 2.45) is 5.73 Å². The molecule has 0 aromatic heterocycles. The molecule has 1 unspecified atom stereocenters. The highest BCUT2D eigenvalue weighted by molar-refractivity contribution is 5.76. The van der Waals surface area contributed by atoms with Crippen LogP contribution in [-0.2, 0) is 16.1 Å². The van der Waals surface area contributed by atoms with Crippen molar-refractivity contribution in [3.63, 3.8) is 0 Å². The van der Waals surface area contributed by atoms with E-state index in [1.54, 1.807) is 26.2 Å². The van der Waals surface area contributed by atoms with Gasteiger partial charge in [-0.05, 0) is 17.7 Å². The van der Waals surface area contributed by atoms with Crippen molar-refractivity contribution in [2.75, 3.05) is 27.8 Å². The van der Waals surface area contributed by atoms with E-state index in [2.05, 4.69) is 0 Å². The summed E-state index contributed by atoms with van der Waals surface area (Å²) in [6, 6.07) is 7.65. The van der Waals surface area contributed by atoms with Crippen LogP contribution in [0.3, 0.4) is 0 Å². The van der Waals surface area contributed by atoms with E-state index >= 15 is 0 Å². The van der Waals surface area contributed by atoms with E-state index in [1.807, 2.05) is 24.3 Å². The van der Waals surface area contributed by atoms with Gasteiger partial charge in [-0.1, -0.05) is 12.1 Å². The summed E-state index contributed by atoms with van der Waals surface area (Å²) < 4.78 is 10.2. The van der Waals surface area contributed by atoms with Gasteiger partial charge in [-0.2, -0.15) is 0 Å². The summed E-state index contributed by atoms with van der Waals surface area (Å²) in [5.41, 5.74) is 6.56. The minimum Gasteiger partial charge on any atom is -0.497 e. The number of nitrogens with two attached hydrogens (primary N) is 1. The minimum absolute atomic E-state index is 0.0214. The van der Waals surface area contributed by atoms with Crippen LogP contribution in [0.15, 0.2) is 24.3 Å². The summed E-state index contributed by atoms with van der Waals surface area (Å²) in [6.07, 6.45) is 0.0884. The highest BCUT2D eigenvalue weighted by atomic mass is 16.5. The number of methoxy groups -OCH3 is 2. The van der Waals surface area contributed by atoms with Crippen molar-refractivity contribution in [1.29, 1.82) is 0 Å². The van der Waals surface area contributed by atoms with Crippen molar-refractivity contribution in [3.8, 4) is 5.75 Å². The molecular formula is C14H22N2O3. The molecule has 0 fully saturated rings. The van der Waals surface area contributed by atoms with E-state index < -0.39 is 0 Å². The molecule has 19 heavy (non-hydrogen) atoms. The van der Waals surface area contributed by atoms with Crippen LogP contribution in [0.25, 0.3) is 0 Å². The molecule has 0 saturated carbocycles. The number of hydrogen-bond acceptors (Lipinski definition) is 4. The van der Waals surface area contributed by atoms with Crippen LogP contribution in [0.5, 0.6) is 5.75 Å². The molecule has 0 heterocycles. The highest BCUT2D eigenvalue weighted by Crippen LogP contribution is 2.13. The van der Waals surface area contributed by atoms with Gasteiger partial charge < -0.3 is 20.1 Å². The smallest absolute Gasteiger partial charge is 0.225 e. The van der Waals surface area contributed by atoms with Gasteiger partial charge in [0.25, 0.3) is 0 Å². The van der Waals surface area contributed by atoms with Gasteiger partial charge in [0.2, 0.25) is 5.91 Å². The predicted molar refractivity (Wildman–Crippen MR) is 73.9 cm³/mol. The van der Waals surface area contributed by atoms with Crippen molar-refractivity contribution in [2.45, 2.75) is 19.1 Å². The van der Waals surface area contributed by atoms with Gasteiger partial charge in [0.15, 0.2) is 0 Å². The van der Waals surface area contributed by atoms with Crippen LogP contribution < -0.4 is 10.5 Å². The third kappa shape index (κ3) is 4.89. The Labute approximate surface area is 114 Å². The molecule has 5 heteroatoms. The van der Waals surface area contributed by atoms with Crippen LogP contribution in [-0.4, -0.2) is 44.7 Å². The quantitative estimate of drug-likeness (QED) is 0.800. The molecule has 0 aliphatic rings. The molecule has 5 nitrogen and oxygen atoms in total. The average Bonchev–Trinajstić information content (AvgIpc) is 2.45. The Hall–Kier alpha value is -1.59. The number of nitrogens with zero attached hydrogens (tertiary/aromatic N) is 1. The molecular weight excluding hydrogens is 244 g/mol. The maximum atomic E-state index is 12.0.